The molecule has 3 aromatic rings. The molecule has 0 radical (unpaired) electrons. The maximum atomic E-state index is 13.3. The van der Waals surface area contributed by atoms with Gasteiger partial charge >= 0.3 is 11.9 Å². The Morgan fingerprint density at radius 2 is 1.92 bits per heavy atom. The lowest BCUT2D eigenvalue weighted by molar-refractivity contribution is -0.132. The van der Waals surface area contributed by atoms with Crippen LogP contribution in [0.3, 0.4) is 0 Å². The van der Waals surface area contributed by atoms with E-state index in [-0.39, 0.29) is 21.3 Å². The van der Waals surface area contributed by atoms with Crippen molar-refractivity contribution in [2.24, 2.45) is 0 Å². The zero-order valence-corrected chi connectivity index (χ0v) is 22.1. The van der Waals surface area contributed by atoms with Crippen molar-refractivity contribution < 1.29 is 29.0 Å². The maximum Gasteiger partial charge on any atom is 0.350 e. The minimum absolute atomic E-state index is 0.112. The monoisotopic (exact) mass is 540 g/mol. The molecule has 0 bridgehead atoms. The Bertz CT molecular complexity index is 1380. The Morgan fingerprint density at radius 1 is 1.19 bits per heavy atom. The second-order valence-corrected chi connectivity index (χ2v) is 9.77. The molecule has 0 unspecified atom stereocenters. The number of halogens is 1. The summed E-state index contributed by atoms with van der Waals surface area (Å²) in [5.41, 5.74) is 1.09. The fourth-order valence-corrected chi connectivity index (χ4v) is 5.20. The van der Waals surface area contributed by atoms with Gasteiger partial charge in [-0.15, -0.1) is 0 Å². The number of esters is 1. The van der Waals surface area contributed by atoms with Crippen molar-refractivity contribution >= 4 is 51.5 Å². The van der Waals surface area contributed by atoms with E-state index in [9.17, 15) is 19.5 Å². The molecule has 0 aliphatic carbocycles. The second-order valence-electron chi connectivity index (χ2n) is 8.35. The Hall–Kier alpha value is -3.69. The molecule has 8 nitrogen and oxygen atoms in total. The Balaban J connectivity index is 1.82. The lowest BCUT2D eigenvalue weighted by Gasteiger charge is -2.23. The maximum absolute atomic E-state index is 13.3. The van der Waals surface area contributed by atoms with E-state index in [1.165, 1.54) is 12.0 Å². The third-order valence-electron chi connectivity index (χ3n) is 5.87. The summed E-state index contributed by atoms with van der Waals surface area (Å²) in [5.74, 6) is -2.06. The number of aliphatic hydroxyl groups is 1. The normalized spacial score (nSPS) is 16.8. The fourth-order valence-electron chi connectivity index (χ4n) is 3.99. The van der Waals surface area contributed by atoms with Crippen LogP contribution in [0.15, 0.2) is 54.1 Å². The number of amides is 1. The van der Waals surface area contributed by atoms with Crippen LogP contribution in [0, 0.1) is 6.92 Å². The number of hydrogen-bond acceptors (Lipinski definition) is 8. The first-order valence-corrected chi connectivity index (χ1v) is 12.8. The lowest BCUT2D eigenvalue weighted by Crippen LogP contribution is -2.29. The van der Waals surface area contributed by atoms with Crippen molar-refractivity contribution in [3.8, 4) is 5.75 Å². The van der Waals surface area contributed by atoms with E-state index in [1.54, 1.807) is 55.5 Å². The third kappa shape index (κ3) is 5.23. The number of aliphatic hydroxyl groups excluding tert-OH is 1. The summed E-state index contributed by atoms with van der Waals surface area (Å²) in [6.45, 7) is 4.25. The minimum atomic E-state index is -1.02. The number of aryl methyl sites for hydroxylation is 1. The zero-order valence-electron chi connectivity index (χ0n) is 20.5. The molecule has 37 heavy (non-hydrogen) atoms. The number of anilines is 1. The van der Waals surface area contributed by atoms with Crippen LogP contribution in [0.2, 0.25) is 5.02 Å². The van der Waals surface area contributed by atoms with Crippen molar-refractivity contribution in [1.82, 2.24) is 4.98 Å². The first-order chi connectivity index (χ1) is 17.8. The van der Waals surface area contributed by atoms with E-state index < -0.39 is 23.7 Å². The number of thiazole rings is 1. The number of Topliss-reactive ketones (excluding diaryl/α,β-unsaturated/α-hetero) is 1. The van der Waals surface area contributed by atoms with Crippen LogP contribution >= 0.6 is 22.9 Å². The highest BCUT2D eigenvalue weighted by atomic mass is 35.5. The number of ketones is 1. The zero-order chi connectivity index (χ0) is 26.7. The van der Waals surface area contributed by atoms with Crippen molar-refractivity contribution in [3.05, 3.63) is 80.8 Å². The van der Waals surface area contributed by atoms with E-state index in [4.69, 9.17) is 21.1 Å². The van der Waals surface area contributed by atoms with Gasteiger partial charge in [-0.05, 0) is 55.3 Å². The van der Waals surface area contributed by atoms with E-state index >= 15 is 0 Å². The van der Waals surface area contributed by atoms with Crippen LogP contribution < -0.4 is 9.64 Å². The topological polar surface area (TPSA) is 106 Å². The molecule has 1 aromatic heterocycles. The van der Waals surface area contributed by atoms with Gasteiger partial charge in [0.1, 0.15) is 16.4 Å². The summed E-state index contributed by atoms with van der Waals surface area (Å²) in [6.07, 6.45) is 1.92. The molecule has 1 N–H and O–H groups in total. The lowest BCUT2D eigenvalue weighted by atomic mass is 9.95. The van der Waals surface area contributed by atoms with Gasteiger partial charge in [0, 0.05) is 10.6 Å². The number of aromatic nitrogens is 1. The quantitative estimate of drug-likeness (QED) is 0.128. The van der Waals surface area contributed by atoms with Gasteiger partial charge in [-0.1, -0.05) is 48.4 Å². The standard InChI is InChI=1S/C27H25ClN2O6S/c1-4-5-13-36-19-11-9-16(10-12-19)22(31)20-21(17-7-6-8-18(28)14-17)30(25(33)23(20)32)27-29-15(2)24(37-27)26(34)35-3/h6-12,14,21,31H,4-5,13H2,1-3H3/t21-/m1/s1. The van der Waals surface area contributed by atoms with Crippen molar-refractivity contribution in [3.63, 3.8) is 0 Å². The number of ether oxygens (including phenoxy) is 2. The SMILES string of the molecule is CCCCOc1ccc(C(O)=C2C(=O)C(=O)N(c3nc(C)c(C(=O)OC)s3)[C@@H]2c2cccc(Cl)c2)cc1. The average Bonchev–Trinajstić information content (AvgIpc) is 3.40. The van der Waals surface area contributed by atoms with Gasteiger partial charge in [0.15, 0.2) is 5.13 Å². The van der Waals surface area contributed by atoms with Crippen molar-refractivity contribution in [2.75, 3.05) is 18.6 Å². The molecule has 1 aliphatic heterocycles. The Morgan fingerprint density at radius 3 is 2.57 bits per heavy atom. The third-order valence-corrected chi connectivity index (χ3v) is 7.24. The van der Waals surface area contributed by atoms with Gasteiger partial charge in [-0.25, -0.2) is 9.78 Å². The molecule has 1 atom stereocenters. The number of methoxy groups -OCH3 is 1. The molecule has 1 fully saturated rings. The van der Waals surface area contributed by atoms with E-state index in [1.807, 2.05) is 0 Å². The Labute approximate surface area is 223 Å². The van der Waals surface area contributed by atoms with Gasteiger partial charge in [-0.2, -0.15) is 0 Å². The number of nitrogens with zero attached hydrogens (tertiary/aromatic N) is 2. The highest BCUT2D eigenvalue weighted by Gasteiger charge is 2.48. The first-order valence-electron chi connectivity index (χ1n) is 11.6. The molecule has 1 amide bonds. The largest absolute Gasteiger partial charge is 0.507 e. The van der Waals surface area contributed by atoms with Crippen LogP contribution in [-0.4, -0.2) is 41.5 Å². The number of carbonyl (C=O) groups is 3. The van der Waals surface area contributed by atoms with Gasteiger partial charge in [0.2, 0.25) is 0 Å². The van der Waals surface area contributed by atoms with Crippen LogP contribution in [0.1, 0.15) is 52.3 Å². The smallest absolute Gasteiger partial charge is 0.350 e. The van der Waals surface area contributed by atoms with Gasteiger partial charge in [0.05, 0.1) is 31.0 Å². The molecular weight excluding hydrogens is 516 g/mol. The highest BCUT2D eigenvalue weighted by molar-refractivity contribution is 7.17. The molecule has 1 aliphatic rings. The number of benzene rings is 2. The molecule has 0 saturated carbocycles. The molecule has 192 valence electrons. The van der Waals surface area contributed by atoms with Crippen LogP contribution in [-0.2, 0) is 14.3 Å². The molecule has 2 heterocycles. The number of hydrogen-bond donors (Lipinski definition) is 1. The number of rotatable bonds is 8. The van der Waals surface area contributed by atoms with Crippen LogP contribution in [0.25, 0.3) is 5.76 Å². The molecule has 2 aromatic carbocycles. The predicted molar refractivity (Wildman–Crippen MR) is 141 cm³/mol. The summed E-state index contributed by atoms with van der Waals surface area (Å²) in [4.78, 5) is 44.6. The van der Waals surface area contributed by atoms with E-state index in [0.717, 1.165) is 24.2 Å². The predicted octanol–water partition coefficient (Wildman–Crippen LogP) is 5.70. The molecule has 0 spiro atoms. The van der Waals surface area contributed by atoms with Crippen LogP contribution in [0.5, 0.6) is 5.75 Å². The minimum Gasteiger partial charge on any atom is -0.507 e. The second kappa shape index (κ2) is 11.1. The van der Waals surface area contributed by atoms with Crippen molar-refractivity contribution in [2.45, 2.75) is 32.7 Å². The van der Waals surface area contributed by atoms with Crippen LogP contribution in [0.4, 0.5) is 5.13 Å². The number of unbranched alkanes of at least 4 members (excludes halogenated alkanes) is 1. The summed E-state index contributed by atoms with van der Waals surface area (Å²) >= 11 is 7.17. The first kappa shape index (κ1) is 26.4. The van der Waals surface area contributed by atoms with E-state index in [2.05, 4.69) is 11.9 Å². The van der Waals surface area contributed by atoms with Gasteiger partial charge < -0.3 is 14.6 Å². The molecular formula is C27H25ClN2O6S. The summed E-state index contributed by atoms with van der Waals surface area (Å²) < 4.78 is 10.5. The summed E-state index contributed by atoms with van der Waals surface area (Å²) in [7, 11) is 1.25. The van der Waals surface area contributed by atoms with E-state index in [0.29, 0.717) is 34.2 Å². The molecule has 4 rings (SSSR count). The highest BCUT2D eigenvalue weighted by Crippen LogP contribution is 2.44. The van der Waals surface area contributed by atoms with Gasteiger partial charge in [0.25, 0.3) is 5.78 Å². The molecule has 1 saturated heterocycles. The van der Waals surface area contributed by atoms with Gasteiger partial charge in [-0.3, -0.25) is 14.5 Å². The fraction of sp³-hybridized carbons (Fsp3) is 0.259. The average molecular weight is 541 g/mol. The Kier molecular flexibility index (Phi) is 7.94. The number of carbonyl (C=O) groups excluding carboxylic acids is 3. The van der Waals surface area contributed by atoms with Crippen molar-refractivity contribution in [1.29, 1.82) is 0 Å². The molecule has 10 heteroatoms. The summed E-state index contributed by atoms with van der Waals surface area (Å²) in [5, 5.41) is 11.8. The summed E-state index contributed by atoms with van der Waals surface area (Å²) in [6, 6.07) is 12.3.